The molecule has 0 fully saturated rings. The van der Waals surface area contributed by atoms with E-state index in [0.29, 0.717) is 6.42 Å². The minimum atomic E-state index is -0.820. The molecule has 0 aliphatic carbocycles. The van der Waals surface area contributed by atoms with E-state index in [1.807, 2.05) is 19.9 Å². The van der Waals surface area contributed by atoms with Crippen molar-refractivity contribution in [3.63, 3.8) is 0 Å². The maximum Gasteiger partial charge on any atom is 0.330 e. The molecule has 2 aromatic carbocycles. The molecule has 1 amide bonds. The Bertz CT molecular complexity index is 1360. The topological polar surface area (TPSA) is 154 Å². The quantitative estimate of drug-likeness (QED) is 0.323. The van der Waals surface area contributed by atoms with E-state index in [2.05, 4.69) is 4.98 Å². The van der Waals surface area contributed by atoms with Crippen LogP contribution >= 0.6 is 0 Å². The van der Waals surface area contributed by atoms with Crippen molar-refractivity contribution in [3.8, 4) is 5.75 Å². The Kier molecular flexibility index (Phi) is 8.26. The Labute approximate surface area is 207 Å². The second-order valence-corrected chi connectivity index (χ2v) is 8.58. The third kappa shape index (κ3) is 5.80. The fourth-order valence-electron chi connectivity index (χ4n) is 3.69. The van der Waals surface area contributed by atoms with Crippen molar-refractivity contribution in [2.45, 2.75) is 33.7 Å². The molecule has 3 aromatic rings. The number of rotatable bonds is 10. The number of nitrogens with one attached hydrogen (secondary N) is 1. The van der Waals surface area contributed by atoms with Gasteiger partial charge in [0.15, 0.2) is 11.4 Å². The summed E-state index contributed by atoms with van der Waals surface area (Å²) >= 11 is 0. The maximum atomic E-state index is 13.6. The molecule has 0 bridgehead atoms. The summed E-state index contributed by atoms with van der Waals surface area (Å²) in [5, 5.41) is 11.6. The third-order valence-electron chi connectivity index (χ3n) is 5.55. The maximum absolute atomic E-state index is 13.6. The average Bonchev–Trinajstić information content (AvgIpc) is 2.84. The number of amides is 1. The molecule has 3 rings (SSSR count). The fraction of sp³-hybridized carbons (Fsp3) is 0.320. The number of carbonyl (C=O) groups is 1. The van der Waals surface area contributed by atoms with Crippen LogP contribution in [0.3, 0.4) is 0 Å². The van der Waals surface area contributed by atoms with Crippen LogP contribution in [0.15, 0.2) is 58.1 Å². The van der Waals surface area contributed by atoms with Crippen LogP contribution in [0.5, 0.6) is 5.75 Å². The van der Waals surface area contributed by atoms with E-state index in [0.717, 1.165) is 11.6 Å². The molecule has 3 N–H and O–H groups in total. The number of nitro groups is 1. The SMILES string of the molecule is CCOc1ccc(C(=O)N(CCC(C)C)c2c(N)n(Cc3ccccc3)c(=O)[nH]c2=O)cc1[N+](=O)[O-]. The highest BCUT2D eigenvalue weighted by molar-refractivity contribution is 6.07. The largest absolute Gasteiger partial charge is 0.487 e. The number of H-pyrrole nitrogens is 1. The predicted octanol–water partition coefficient (Wildman–Crippen LogP) is 3.17. The van der Waals surface area contributed by atoms with Gasteiger partial charge in [0.25, 0.3) is 11.5 Å². The number of nitrogens with two attached hydrogens (primary N) is 1. The normalized spacial score (nSPS) is 10.9. The molecule has 0 aliphatic rings. The van der Waals surface area contributed by atoms with E-state index in [4.69, 9.17) is 10.5 Å². The Balaban J connectivity index is 2.13. The molecule has 36 heavy (non-hydrogen) atoms. The summed E-state index contributed by atoms with van der Waals surface area (Å²) in [4.78, 5) is 53.5. The summed E-state index contributed by atoms with van der Waals surface area (Å²) in [6.45, 7) is 5.99. The first-order valence-electron chi connectivity index (χ1n) is 11.5. The molecule has 11 heteroatoms. The summed E-state index contributed by atoms with van der Waals surface area (Å²) in [7, 11) is 0. The van der Waals surface area contributed by atoms with Crippen LogP contribution in [-0.4, -0.2) is 33.5 Å². The van der Waals surface area contributed by atoms with Crippen molar-refractivity contribution in [1.29, 1.82) is 0 Å². The first-order valence-corrected chi connectivity index (χ1v) is 11.5. The van der Waals surface area contributed by atoms with Gasteiger partial charge in [-0.3, -0.25) is 29.3 Å². The van der Waals surface area contributed by atoms with Crippen LogP contribution in [0, 0.1) is 16.0 Å². The zero-order valence-corrected chi connectivity index (χ0v) is 20.4. The van der Waals surface area contributed by atoms with E-state index in [1.54, 1.807) is 31.2 Å². The molecule has 0 saturated heterocycles. The van der Waals surface area contributed by atoms with Gasteiger partial charge in [-0.15, -0.1) is 0 Å². The number of ether oxygens (including phenoxy) is 1. The van der Waals surface area contributed by atoms with Crippen LogP contribution in [0.1, 0.15) is 43.1 Å². The molecule has 0 spiro atoms. The molecule has 0 radical (unpaired) electrons. The third-order valence-corrected chi connectivity index (χ3v) is 5.55. The van der Waals surface area contributed by atoms with Gasteiger partial charge in [-0.2, -0.15) is 0 Å². The van der Waals surface area contributed by atoms with E-state index in [1.165, 1.54) is 21.6 Å². The van der Waals surface area contributed by atoms with Crippen LogP contribution in [0.25, 0.3) is 0 Å². The molecular weight excluding hydrogens is 466 g/mol. The van der Waals surface area contributed by atoms with E-state index in [-0.39, 0.29) is 54.1 Å². The van der Waals surface area contributed by atoms with E-state index < -0.39 is 22.1 Å². The fourth-order valence-corrected chi connectivity index (χ4v) is 3.69. The van der Waals surface area contributed by atoms with Crippen molar-refractivity contribution in [3.05, 3.63) is 90.6 Å². The summed E-state index contributed by atoms with van der Waals surface area (Å²) in [5.74, 6) is -0.638. The molecule has 0 aliphatic heterocycles. The Morgan fingerprint density at radius 1 is 1.19 bits per heavy atom. The number of hydrogen-bond acceptors (Lipinski definition) is 7. The number of benzene rings is 2. The lowest BCUT2D eigenvalue weighted by Gasteiger charge is -2.25. The van der Waals surface area contributed by atoms with Crippen LogP contribution in [0.4, 0.5) is 17.2 Å². The number of hydrogen-bond donors (Lipinski definition) is 2. The Morgan fingerprint density at radius 3 is 2.50 bits per heavy atom. The van der Waals surface area contributed by atoms with Crippen LogP contribution in [-0.2, 0) is 6.54 Å². The van der Waals surface area contributed by atoms with Crippen molar-refractivity contribution in [1.82, 2.24) is 9.55 Å². The predicted molar refractivity (Wildman–Crippen MR) is 137 cm³/mol. The molecule has 11 nitrogen and oxygen atoms in total. The summed E-state index contributed by atoms with van der Waals surface area (Å²) in [6, 6.07) is 12.9. The number of carbonyl (C=O) groups excluding carboxylic acids is 1. The summed E-state index contributed by atoms with van der Waals surface area (Å²) in [6.07, 6.45) is 0.515. The highest BCUT2D eigenvalue weighted by Crippen LogP contribution is 2.30. The highest BCUT2D eigenvalue weighted by atomic mass is 16.6. The first kappa shape index (κ1) is 26.2. The molecule has 0 unspecified atom stereocenters. The second-order valence-electron chi connectivity index (χ2n) is 8.58. The van der Waals surface area contributed by atoms with Crippen molar-refractivity contribution < 1.29 is 14.5 Å². The van der Waals surface area contributed by atoms with Crippen LogP contribution in [0.2, 0.25) is 0 Å². The van der Waals surface area contributed by atoms with Gasteiger partial charge in [-0.25, -0.2) is 4.79 Å². The minimum absolute atomic E-state index is 0.0199. The summed E-state index contributed by atoms with van der Waals surface area (Å²) in [5.41, 5.74) is 4.98. The lowest BCUT2D eigenvalue weighted by atomic mass is 10.1. The van der Waals surface area contributed by atoms with Crippen LogP contribution < -0.4 is 26.6 Å². The number of nitro benzene ring substituents is 1. The molecular formula is C25H29N5O6. The summed E-state index contributed by atoms with van der Waals surface area (Å²) < 4.78 is 6.48. The molecule has 190 valence electrons. The second kappa shape index (κ2) is 11.3. The van der Waals surface area contributed by atoms with Crippen molar-refractivity contribution in [2.75, 3.05) is 23.8 Å². The lowest BCUT2D eigenvalue weighted by Crippen LogP contribution is -2.42. The van der Waals surface area contributed by atoms with Gasteiger partial charge >= 0.3 is 11.4 Å². The lowest BCUT2D eigenvalue weighted by molar-refractivity contribution is -0.385. The van der Waals surface area contributed by atoms with Gasteiger partial charge in [-0.05, 0) is 37.0 Å². The van der Waals surface area contributed by atoms with Crippen molar-refractivity contribution >= 4 is 23.1 Å². The van der Waals surface area contributed by atoms with Gasteiger partial charge in [0.05, 0.1) is 18.1 Å². The average molecular weight is 496 g/mol. The highest BCUT2D eigenvalue weighted by Gasteiger charge is 2.27. The zero-order valence-electron chi connectivity index (χ0n) is 20.4. The smallest absolute Gasteiger partial charge is 0.330 e. The van der Waals surface area contributed by atoms with E-state index in [9.17, 15) is 24.5 Å². The van der Waals surface area contributed by atoms with Gasteiger partial charge in [0.2, 0.25) is 0 Å². The number of aromatic nitrogens is 2. The number of nitrogen functional groups attached to an aromatic ring is 1. The van der Waals surface area contributed by atoms with Gasteiger partial charge < -0.3 is 15.4 Å². The standard InChI is InChI=1S/C25H29N5O6/c1-4-36-20-11-10-18(14-19(20)30(34)35)24(32)28(13-12-16(2)3)21-22(26)29(25(33)27-23(21)31)15-17-8-6-5-7-9-17/h5-11,14,16H,4,12-13,15,26H2,1-3H3,(H,27,31,33). The molecule has 1 heterocycles. The molecule has 0 saturated carbocycles. The number of aromatic amines is 1. The molecule has 1 aromatic heterocycles. The molecule has 0 atom stereocenters. The Morgan fingerprint density at radius 2 is 1.89 bits per heavy atom. The number of anilines is 2. The van der Waals surface area contributed by atoms with E-state index >= 15 is 0 Å². The van der Waals surface area contributed by atoms with Crippen molar-refractivity contribution in [2.24, 2.45) is 5.92 Å². The first-order chi connectivity index (χ1) is 17.1. The van der Waals surface area contributed by atoms with Gasteiger partial charge in [-0.1, -0.05) is 44.2 Å². The minimum Gasteiger partial charge on any atom is -0.487 e. The Hall–Kier alpha value is -4.41. The van der Waals surface area contributed by atoms with Gasteiger partial charge in [0, 0.05) is 18.2 Å². The zero-order chi connectivity index (χ0) is 26.4. The van der Waals surface area contributed by atoms with Gasteiger partial charge in [0.1, 0.15) is 5.82 Å². The monoisotopic (exact) mass is 495 g/mol. The number of nitrogens with zero attached hydrogens (tertiary/aromatic N) is 3.